The second kappa shape index (κ2) is 8.37. The van der Waals surface area contributed by atoms with E-state index in [4.69, 9.17) is 4.74 Å². The minimum absolute atomic E-state index is 0.185. The fraction of sp³-hybridized carbons (Fsp3) is 0.450. The first-order valence-electron chi connectivity index (χ1n) is 10.4. The van der Waals surface area contributed by atoms with Gasteiger partial charge in [0.25, 0.3) is 0 Å². The summed E-state index contributed by atoms with van der Waals surface area (Å²) < 4.78 is 35.0. The number of aliphatic hydroxyl groups is 2. The molecule has 2 saturated heterocycles. The van der Waals surface area contributed by atoms with Crippen molar-refractivity contribution in [3.05, 3.63) is 43.0 Å². The van der Waals surface area contributed by atoms with E-state index in [1.807, 2.05) is 0 Å². The minimum Gasteiger partial charge on any atom is -0.394 e. The lowest BCUT2D eigenvalue weighted by Gasteiger charge is -2.25. The zero-order valence-electron chi connectivity index (χ0n) is 17.1. The number of hydrogen-bond acceptors (Lipinski definition) is 9. The fourth-order valence-corrected chi connectivity index (χ4v) is 5.93. The van der Waals surface area contributed by atoms with Crippen LogP contribution in [-0.4, -0.2) is 74.0 Å². The summed E-state index contributed by atoms with van der Waals surface area (Å²) in [5.41, 5.74) is 0.889. The summed E-state index contributed by atoms with van der Waals surface area (Å²) in [5.74, 6) is 0.403. The van der Waals surface area contributed by atoms with Crippen molar-refractivity contribution in [2.75, 3.05) is 18.5 Å². The molecule has 4 heterocycles. The van der Waals surface area contributed by atoms with E-state index < -0.39 is 34.6 Å². The highest BCUT2D eigenvalue weighted by Crippen LogP contribution is 2.33. The first-order chi connectivity index (χ1) is 15.5. The second-order valence-electron chi connectivity index (χ2n) is 7.91. The van der Waals surface area contributed by atoms with Gasteiger partial charge in [0.15, 0.2) is 23.2 Å². The average molecular weight is 461 g/mol. The molecule has 3 aromatic rings. The third kappa shape index (κ3) is 3.63. The minimum atomic E-state index is -3.66. The highest BCUT2D eigenvalue weighted by atomic mass is 32.2. The standard InChI is InChI=1S/C20H24N6O5S/c27-10-13-9-15(28)20(31-13)25-12-23-17-18(21-11-22-19(17)25)24-16-7-4-8-26(16)32(29,30)14-5-2-1-3-6-14/h1-3,5-6,11-13,15-16,20,27-28H,4,7-10H2,(H,21,22,24)/t13-,15+,16?,20+/m0/s1. The Bertz CT molecular complexity index is 1200. The Morgan fingerprint density at radius 2 is 2.00 bits per heavy atom. The summed E-state index contributed by atoms with van der Waals surface area (Å²) in [6, 6.07) is 8.35. The number of ether oxygens (including phenoxy) is 1. The summed E-state index contributed by atoms with van der Waals surface area (Å²) in [4.78, 5) is 13.2. The lowest BCUT2D eigenvalue weighted by molar-refractivity contribution is -0.0486. The number of nitrogens with zero attached hydrogens (tertiary/aromatic N) is 5. The molecule has 2 aromatic heterocycles. The van der Waals surface area contributed by atoms with Gasteiger partial charge in [-0.2, -0.15) is 4.31 Å². The molecule has 12 heteroatoms. The summed E-state index contributed by atoms with van der Waals surface area (Å²) in [7, 11) is -3.66. The monoisotopic (exact) mass is 460 g/mol. The van der Waals surface area contributed by atoms with Crippen LogP contribution in [0.1, 0.15) is 25.5 Å². The zero-order chi connectivity index (χ0) is 22.3. The normalized spacial score (nSPS) is 26.7. The number of benzene rings is 1. The van der Waals surface area contributed by atoms with E-state index in [0.29, 0.717) is 36.4 Å². The predicted molar refractivity (Wildman–Crippen MR) is 114 cm³/mol. The van der Waals surface area contributed by atoms with Crippen molar-refractivity contribution < 1.29 is 23.4 Å². The van der Waals surface area contributed by atoms with Gasteiger partial charge < -0.3 is 20.3 Å². The Morgan fingerprint density at radius 3 is 2.75 bits per heavy atom. The Labute approximate surface area is 184 Å². The first kappa shape index (κ1) is 21.2. The lowest BCUT2D eigenvalue weighted by Crippen LogP contribution is -2.40. The van der Waals surface area contributed by atoms with Gasteiger partial charge in [-0.15, -0.1) is 0 Å². The maximum Gasteiger partial charge on any atom is 0.244 e. The van der Waals surface area contributed by atoms with E-state index in [1.54, 1.807) is 34.9 Å². The molecule has 5 rings (SSSR count). The van der Waals surface area contributed by atoms with Crippen molar-refractivity contribution in [1.29, 1.82) is 0 Å². The first-order valence-corrected chi connectivity index (χ1v) is 11.9. The molecule has 0 spiro atoms. The summed E-state index contributed by atoms with van der Waals surface area (Å²) >= 11 is 0. The quantitative estimate of drug-likeness (QED) is 0.484. The van der Waals surface area contributed by atoms with Crippen molar-refractivity contribution >= 4 is 27.0 Å². The van der Waals surface area contributed by atoms with Gasteiger partial charge in [0.2, 0.25) is 10.0 Å². The van der Waals surface area contributed by atoms with Gasteiger partial charge in [-0.1, -0.05) is 18.2 Å². The number of rotatable bonds is 6. The second-order valence-corrected chi connectivity index (χ2v) is 9.80. The van der Waals surface area contributed by atoms with Crippen LogP contribution in [0.15, 0.2) is 47.9 Å². The van der Waals surface area contributed by atoms with Gasteiger partial charge in [0.05, 0.1) is 30.1 Å². The number of fused-ring (bicyclic) bond motifs is 1. The summed E-state index contributed by atoms with van der Waals surface area (Å²) in [6.45, 7) is 0.220. The molecule has 170 valence electrons. The van der Waals surface area contributed by atoms with Crippen LogP contribution in [0.25, 0.3) is 11.2 Å². The molecule has 0 saturated carbocycles. The Morgan fingerprint density at radius 1 is 1.19 bits per heavy atom. The highest BCUT2D eigenvalue weighted by molar-refractivity contribution is 7.89. The maximum atomic E-state index is 13.1. The van der Waals surface area contributed by atoms with E-state index in [0.717, 1.165) is 6.42 Å². The molecule has 2 aliphatic rings. The van der Waals surface area contributed by atoms with Gasteiger partial charge in [0, 0.05) is 13.0 Å². The van der Waals surface area contributed by atoms with E-state index in [1.165, 1.54) is 17.0 Å². The number of aliphatic hydroxyl groups excluding tert-OH is 2. The van der Waals surface area contributed by atoms with Crippen LogP contribution in [0.5, 0.6) is 0 Å². The van der Waals surface area contributed by atoms with E-state index in [2.05, 4.69) is 20.3 Å². The molecule has 2 aliphatic heterocycles. The van der Waals surface area contributed by atoms with Crippen LogP contribution in [0.2, 0.25) is 0 Å². The Kier molecular flexibility index (Phi) is 5.55. The fourth-order valence-electron chi connectivity index (χ4n) is 4.30. The van der Waals surface area contributed by atoms with Gasteiger partial charge >= 0.3 is 0 Å². The summed E-state index contributed by atoms with van der Waals surface area (Å²) in [6.07, 6.45) is 2.06. The van der Waals surface area contributed by atoms with Gasteiger partial charge in [-0.25, -0.2) is 23.4 Å². The molecular weight excluding hydrogens is 436 g/mol. The highest BCUT2D eigenvalue weighted by Gasteiger charge is 2.37. The van der Waals surface area contributed by atoms with Crippen LogP contribution in [0.3, 0.4) is 0 Å². The number of hydrogen-bond donors (Lipinski definition) is 3. The third-order valence-corrected chi connectivity index (χ3v) is 7.78. The average Bonchev–Trinajstić information content (AvgIpc) is 3.53. The zero-order valence-corrected chi connectivity index (χ0v) is 18.0. The molecule has 0 radical (unpaired) electrons. The number of sulfonamides is 1. The Balaban J connectivity index is 1.43. The molecule has 32 heavy (non-hydrogen) atoms. The lowest BCUT2D eigenvalue weighted by atomic mass is 10.2. The van der Waals surface area contributed by atoms with E-state index in [-0.39, 0.29) is 11.5 Å². The molecular formula is C20H24N6O5S. The molecule has 2 fully saturated rings. The Hall–Kier alpha value is -2.64. The van der Waals surface area contributed by atoms with Crippen LogP contribution >= 0.6 is 0 Å². The molecule has 0 bridgehead atoms. The van der Waals surface area contributed by atoms with Crippen LogP contribution in [0.4, 0.5) is 5.82 Å². The smallest absolute Gasteiger partial charge is 0.244 e. The molecule has 4 atom stereocenters. The predicted octanol–water partition coefficient (Wildman–Crippen LogP) is 0.690. The molecule has 0 aliphatic carbocycles. The SMILES string of the molecule is O=S(=O)(c1ccccc1)N1CCCC1Nc1ncnc2c1ncn2[C@@H]1O[C@H](CO)C[C@H]1O. The van der Waals surface area contributed by atoms with Gasteiger partial charge in [0.1, 0.15) is 12.4 Å². The summed E-state index contributed by atoms with van der Waals surface area (Å²) in [5, 5.41) is 22.9. The van der Waals surface area contributed by atoms with Crippen molar-refractivity contribution in [2.45, 2.75) is 48.8 Å². The molecule has 1 aromatic carbocycles. The van der Waals surface area contributed by atoms with Crippen molar-refractivity contribution in [2.24, 2.45) is 0 Å². The largest absolute Gasteiger partial charge is 0.394 e. The van der Waals surface area contributed by atoms with Crippen LogP contribution in [-0.2, 0) is 14.8 Å². The third-order valence-electron chi connectivity index (χ3n) is 5.86. The maximum absolute atomic E-state index is 13.1. The number of imidazole rings is 1. The van der Waals surface area contributed by atoms with Crippen molar-refractivity contribution in [3.8, 4) is 0 Å². The van der Waals surface area contributed by atoms with Gasteiger partial charge in [-0.3, -0.25) is 4.57 Å². The number of aromatic nitrogens is 4. The van der Waals surface area contributed by atoms with Crippen LogP contribution < -0.4 is 5.32 Å². The van der Waals surface area contributed by atoms with Crippen molar-refractivity contribution in [3.63, 3.8) is 0 Å². The van der Waals surface area contributed by atoms with Gasteiger partial charge in [-0.05, 0) is 25.0 Å². The van der Waals surface area contributed by atoms with E-state index in [9.17, 15) is 18.6 Å². The number of nitrogens with one attached hydrogen (secondary N) is 1. The molecule has 1 unspecified atom stereocenters. The van der Waals surface area contributed by atoms with Crippen molar-refractivity contribution in [1.82, 2.24) is 23.8 Å². The molecule has 3 N–H and O–H groups in total. The van der Waals surface area contributed by atoms with E-state index >= 15 is 0 Å². The topological polar surface area (TPSA) is 143 Å². The molecule has 0 amide bonds. The molecule has 11 nitrogen and oxygen atoms in total. The van der Waals surface area contributed by atoms with Crippen LogP contribution in [0, 0.1) is 0 Å². The number of anilines is 1.